The molecule has 0 aliphatic rings. The fourth-order valence-electron chi connectivity index (χ4n) is 1.96. The molecule has 0 radical (unpaired) electrons. The normalized spacial score (nSPS) is 12.9. The van der Waals surface area contributed by atoms with Gasteiger partial charge in [-0.15, -0.1) is 0 Å². The summed E-state index contributed by atoms with van der Waals surface area (Å²) in [5.74, 6) is 0. The van der Waals surface area contributed by atoms with Crippen LogP contribution in [0.1, 0.15) is 11.1 Å². The van der Waals surface area contributed by atoms with Gasteiger partial charge in [0.2, 0.25) is 0 Å². The van der Waals surface area contributed by atoms with E-state index in [1.54, 1.807) is 0 Å². The van der Waals surface area contributed by atoms with Crippen LogP contribution in [0.3, 0.4) is 0 Å². The third-order valence-corrected chi connectivity index (χ3v) is 3.15. The summed E-state index contributed by atoms with van der Waals surface area (Å²) >= 11 is 0. The number of hydrogen-bond donors (Lipinski definition) is 4. The summed E-state index contributed by atoms with van der Waals surface area (Å²) in [6.45, 7) is 0.101. The Bertz CT molecular complexity index is 443. The van der Waals surface area contributed by atoms with Crippen LogP contribution in [0, 0.1) is 0 Å². The van der Waals surface area contributed by atoms with E-state index in [0.717, 1.165) is 12.8 Å². The average Bonchev–Trinajstić information content (AvgIpc) is 2.57. The van der Waals surface area contributed by atoms with Gasteiger partial charge in [0.1, 0.15) is 0 Å². The lowest BCUT2D eigenvalue weighted by Gasteiger charge is -2.06. The molecule has 0 unspecified atom stereocenters. The third kappa shape index (κ3) is 7.90. The average molecular weight is 302 g/mol. The predicted octanol–water partition coefficient (Wildman–Crippen LogP) is 1.10. The molecular weight excluding hydrogens is 276 g/mol. The van der Waals surface area contributed by atoms with Crippen LogP contribution in [-0.2, 0) is 12.8 Å². The van der Waals surface area contributed by atoms with Gasteiger partial charge in [0.25, 0.3) is 0 Å². The lowest BCUT2D eigenvalue weighted by Crippen LogP contribution is -2.26. The molecule has 4 nitrogen and oxygen atoms in total. The summed E-state index contributed by atoms with van der Waals surface area (Å²) in [5.41, 5.74) is 13.5. The zero-order valence-electron chi connectivity index (χ0n) is 12.8. The highest BCUT2D eigenvalue weighted by atomic mass is 16.3. The largest absolute Gasteiger partial charge is 0.395 e. The zero-order valence-corrected chi connectivity index (χ0v) is 12.8. The second kappa shape index (κ2) is 10.9. The smallest absolute Gasteiger partial charge is 0.0585 e. The Balaban J connectivity index is 0.000000220. The van der Waals surface area contributed by atoms with Gasteiger partial charge in [-0.2, -0.15) is 0 Å². The second-order valence-corrected chi connectivity index (χ2v) is 5.26. The van der Waals surface area contributed by atoms with Gasteiger partial charge in [0, 0.05) is 12.1 Å². The number of rotatable bonds is 6. The van der Waals surface area contributed by atoms with E-state index in [9.17, 15) is 0 Å². The molecule has 2 aromatic carbocycles. The lowest BCUT2D eigenvalue weighted by molar-refractivity contribution is 0.265. The highest BCUT2D eigenvalue weighted by Crippen LogP contribution is 2.01. The van der Waals surface area contributed by atoms with E-state index in [1.807, 2.05) is 60.7 Å². The van der Waals surface area contributed by atoms with Crippen LogP contribution in [0.15, 0.2) is 60.7 Å². The summed E-state index contributed by atoms with van der Waals surface area (Å²) < 4.78 is 0. The van der Waals surface area contributed by atoms with Crippen molar-refractivity contribution >= 4 is 0 Å². The van der Waals surface area contributed by atoms with Gasteiger partial charge in [0.15, 0.2) is 0 Å². The molecule has 2 atom stereocenters. The van der Waals surface area contributed by atoms with Gasteiger partial charge in [-0.3, -0.25) is 0 Å². The van der Waals surface area contributed by atoms with Crippen molar-refractivity contribution in [2.24, 2.45) is 11.5 Å². The van der Waals surface area contributed by atoms with Crippen LogP contribution in [0.4, 0.5) is 0 Å². The molecule has 0 bridgehead atoms. The maximum atomic E-state index is 8.67. The van der Waals surface area contributed by atoms with Crippen LogP contribution < -0.4 is 11.5 Å². The van der Waals surface area contributed by atoms with E-state index in [-0.39, 0.29) is 25.3 Å². The molecule has 0 spiro atoms. The van der Waals surface area contributed by atoms with Gasteiger partial charge < -0.3 is 21.7 Å². The van der Waals surface area contributed by atoms with Gasteiger partial charge >= 0.3 is 0 Å². The molecule has 0 saturated heterocycles. The van der Waals surface area contributed by atoms with Crippen molar-refractivity contribution in [2.75, 3.05) is 13.2 Å². The lowest BCUT2D eigenvalue weighted by atomic mass is 10.1. The van der Waals surface area contributed by atoms with Crippen LogP contribution in [0.25, 0.3) is 0 Å². The number of aliphatic hydroxyl groups excluding tert-OH is 2. The van der Waals surface area contributed by atoms with Crippen LogP contribution in [0.5, 0.6) is 0 Å². The minimum atomic E-state index is -0.127. The molecule has 0 aliphatic carbocycles. The Kier molecular flexibility index (Phi) is 9.11. The van der Waals surface area contributed by atoms with Crippen molar-refractivity contribution in [1.29, 1.82) is 0 Å². The van der Waals surface area contributed by atoms with Gasteiger partial charge in [-0.05, 0) is 24.0 Å². The van der Waals surface area contributed by atoms with Crippen molar-refractivity contribution in [3.63, 3.8) is 0 Å². The summed E-state index contributed by atoms with van der Waals surface area (Å²) in [6, 6.07) is 19.6. The van der Waals surface area contributed by atoms with Gasteiger partial charge in [0.05, 0.1) is 13.2 Å². The SMILES string of the molecule is N[C@@H](CO)Cc1ccccc1.N[C@@H](CO)Cc1ccccc1. The first kappa shape index (κ1) is 18.3. The third-order valence-electron chi connectivity index (χ3n) is 3.15. The number of hydrogen-bond acceptors (Lipinski definition) is 4. The fraction of sp³-hybridized carbons (Fsp3) is 0.333. The van der Waals surface area contributed by atoms with Crippen molar-refractivity contribution in [2.45, 2.75) is 24.9 Å². The van der Waals surface area contributed by atoms with E-state index in [2.05, 4.69) is 0 Å². The van der Waals surface area contributed by atoms with Gasteiger partial charge in [-0.25, -0.2) is 0 Å². The maximum Gasteiger partial charge on any atom is 0.0585 e. The van der Waals surface area contributed by atoms with Crippen LogP contribution in [-0.4, -0.2) is 35.5 Å². The standard InChI is InChI=1S/2C9H13NO/c2*10-9(7-11)6-8-4-2-1-3-5-8/h2*1-5,9,11H,6-7,10H2/t2*9-/m11/s1. The van der Waals surface area contributed by atoms with E-state index in [4.69, 9.17) is 21.7 Å². The first-order chi connectivity index (χ1) is 10.7. The Labute approximate surface area is 132 Å². The first-order valence-electron chi connectivity index (χ1n) is 7.46. The second-order valence-electron chi connectivity index (χ2n) is 5.26. The molecule has 2 aromatic rings. The molecule has 22 heavy (non-hydrogen) atoms. The Hall–Kier alpha value is -1.72. The molecule has 0 heterocycles. The van der Waals surface area contributed by atoms with Crippen LogP contribution >= 0.6 is 0 Å². The summed E-state index contributed by atoms with van der Waals surface area (Å²) in [7, 11) is 0. The van der Waals surface area contributed by atoms with Crippen LogP contribution in [0.2, 0.25) is 0 Å². The molecular formula is C18H26N2O2. The van der Waals surface area contributed by atoms with Crippen molar-refractivity contribution in [3.05, 3.63) is 71.8 Å². The van der Waals surface area contributed by atoms with E-state index in [0.29, 0.717) is 0 Å². The quantitative estimate of drug-likeness (QED) is 0.643. The zero-order chi connectivity index (χ0) is 16.2. The maximum absolute atomic E-state index is 8.67. The number of nitrogens with two attached hydrogens (primary N) is 2. The molecule has 4 heteroatoms. The fourth-order valence-corrected chi connectivity index (χ4v) is 1.96. The highest BCUT2D eigenvalue weighted by molar-refractivity contribution is 5.16. The van der Waals surface area contributed by atoms with Crippen molar-refractivity contribution < 1.29 is 10.2 Å². The van der Waals surface area contributed by atoms with E-state index >= 15 is 0 Å². The first-order valence-corrected chi connectivity index (χ1v) is 7.46. The van der Waals surface area contributed by atoms with E-state index in [1.165, 1.54) is 11.1 Å². The molecule has 6 N–H and O–H groups in total. The predicted molar refractivity (Wildman–Crippen MR) is 90.4 cm³/mol. The summed E-state index contributed by atoms with van der Waals surface area (Å²) in [4.78, 5) is 0. The Morgan fingerprint density at radius 2 is 0.955 bits per heavy atom. The molecule has 0 aliphatic heterocycles. The highest BCUT2D eigenvalue weighted by Gasteiger charge is 2.00. The topological polar surface area (TPSA) is 92.5 Å². The molecule has 120 valence electrons. The molecule has 0 saturated carbocycles. The minimum absolute atomic E-state index is 0.0505. The van der Waals surface area contributed by atoms with E-state index < -0.39 is 0 Å². The monoisotopic (exact) mass is 302 g/mol. The summed E-state index contributed by atoms with van der Waals surface area (Å²) in [5, 5.41) is 17.3. The van der Waals surface area contributed by atoms with Gasteiger partial charge in [-0.1, -0.05) is 60.7 Å². The Morgan fingerprint density at radius 3 is 1.23 bits per heavy atom. The molecule has 0 fully saturated rings. The Morgan fingerprint density at radius 1 is 0.636 bits per heavy atom. The molecule has 0 amide bonds. The molecule has 0 aromatic heterocycles. The minimum Gasteiger partial charge on any atom is -0.395 e. The number of aliphatic hydroxyl groups is 2. The van der Waals surface area contributed by atoms with Crippen molar-refractivity contribution in [1.82, 2.24) is 0 Å². The van der Waals surface area contributed by atoms with Crippen molar-refractivity contribution in [3.8, 4) is 0 Å². The summed E-state index contributed by atoms with van der Waals surface area (Å²) in [6.07, 6.45) is 1.49. The number of benzene rings is 2. The molecule has 2 rings (SSSR count).